The van der Waals surface area contributed by atoms with Crippen molar-refractivity contribution < 1.29 is 28.7 Å². The maximum absolute atomic E-state index is 12.3. The average molecular weight is 539 g/mol. The van der Waals surface area contributed by atoms with E-state index in [1.807, 2.05) is 19.9 Å². The quantitative estimate of drug-likeness (QED) is 0.0786. The number of hydroxylamine groups is 2. The minimum Gasteiger partial charge on any atom is -0.491 e. The van der Waals surface area contributed by atoms with Crippen LogP contribution in [0.3, 0.4) is 0 Å². The van der Waals surface area contributed by atoms with Crippen molar-refractivity contribution >= 4 is 47.1 Å². The molecule has 1 aliphatic carbocycles. The summed E-state index contributed by atoms with van der Waals surface area (Å²) < 4.78 is 10.7. The van der Waals surface area contributed by atoms with Gasteiger partial charge in [0.2, 0.25) is 0 Å². The smallest absolute Gasteiger partial charge is 0.428 e. The zero-order chi connectivity index (χ0) is 27.3. The number of rotatable bonds is 7. The number of hydrogen-bond acceptors (Lipinski definition) is 9. The fraction of sp³-hybridized carbons (Fsp3) is 0.417. The van der Waals surface area contributed by atoms with Crippen LogP contribution in [-0.4, -0.2) is 47.6 Å². The van der Waals surface area contributed by atoms with E-state index in [2.05, 4.69) is 33.8 Å². The van der Waals surface area contributed by atoms with Crippen molar-refractivity contribution in [2.24, 2.45) is 10.8 Å². The average Bonchev–Trinajstić information content (AvgIpc) is 3.12. The Balaban J connectivity index is 0.00000154. The maximum Gasteiger partial charge on any atom is 0.428 e. The number of hydrazone groups is 1. The van der Waals surface area contributed by atoms with Crippen LogP contribution in [0, 0.1) is 0 Å². The molecule has 3 amide bonds. The second-order valence-electron chi connectivity index (χ2n) is 8.05. The summed E-state index contributed by atoms with van der Waals surface area (Å²) in [7, 11) is 0. The number of carbonyl (C=O) groups excluding carboxylic acids is 3. The van der Waals surface area contributed by atoms with Gasteiger partial charge in [0.05, 0.1) is 5.57 Å². The van der Waals surface area contributed by atoms with Crippen LogP contribution in [-0.2, 0) is 19.2 Å². The van der Waals surface area contributed by atoms with Crippen LogP contribution in [0.25, 0.3) is 0 Å². The van der Waals surface area contributed by atoms with Gasteiger partial charge in [-0.25, -0.2) is 10.2 Å². The first-order chi connectivity index (χ1) is 17.2. The normalized spacial score (nSPS) is 14.9. The van der Waals surface area contributed by atoms with Crippen molar-refractivity contribution in [1.29, 1.82) is 0 Å². The number of hydrogen-bond donors (Lipinski definition) is 4. The lowest BCUT2D eigenvalue weighted by Crippen LogP contribution is -2.33. The predicted octanol–water partition coefficient (Wildman–Crippen LogP) is 3.94. The van der Waals surface area contributed by atoms with Crippen molar-refractivity contribution in [3.05, 3.63) is 53.1 Å². The first-order valence-corrected chi connectivity index (χ1v) is 12.9. The number of imide groups is 1. The Kier molecular flexibility index (Phi) is 13.1. The van der Waals surface area contributed by atoms with Crippen LogP contribution in [0.5, 0.6) is 5.75 Å². The fourth-order valence-electron chi connectivity index (χ4n) is 3.01. The van der Waals surface area contributed by atoms with Crippen molar-refractivity contribution in [2.75, 3.05) is 13.2 Å². The molecule has 0 aromatic heterocycles. The number of benzene rings is 1. The van der Waals surface area contributed by atoms with Crippen LogP contribution in [0.1, 0.15) is 53.0 Å². The van der Waals surface area contributed by atoms with Gasteiger partial charge in [0.1, 0.15) is 24.6 Å². The number of nitrogens with one attached hydrogen (secondary N) is 1. The molecule has 3 N–H and O–H groups in total. The number of thiol groups is 2. The molecule has 0 radical (unpaired) electrons. The first kappa shape index (κ1) is 31.1. The SMILES string of the molecule is CC.CC(C)(C)OC(=O)N/N=C(\N)c1ccc(OCCON2C(=O)C3=C(CCC=C3)C2=O)cc1.SS. The standard InChI is InChI=1S/C22H26N4O6.C2H6.H2S2/c1-22(2,3)32-21(29)25-24-18(23)14-8-10-15(11-9-14)30-12-13-31-26-19(27)16-6-4-5-7-17(16)20(26)28;2*1-2/h4,6,8-11H,5,7,12-13H2,1-3H3,(H2,23,24)(H,25,29);1-2H3;1-2H. The fourth-order valence-corrected chi connectivity index (χ4v) is 3.01. The van der Waals surface area contributed by atoms with E-state index in [9.17, 15) is 14.4 Å². The molecule has 0 bridgehead atoms. The summed E-state index contributed by atoms with van der Waals surface area (Å²) >= 11 is 6.44. The highest BCUT2D eigenvalue weighted by Crippen LogP contribution is 2.29. The van der Waals surface area contributed by atoms with E-state index >= 15 is 0 Å². The Morgan fingerprint density at radius 2 is 1.75 bits per heavy atom. The van der Waals surface area contributed by atoms with E-state index in [-0.39, 0.29) is 19.0 Å². The molecule has 1 aromatic rings. The highest BCUT2D eigenvalue weighted by atomic mass is 33.1. The highest BCUT2D eigenvalue weighted by molar-refractivity contribution is 8.59. The zero-order valence-corrected chi connectivity index (χ0v) is 22.9. The number of allylic oxidation sites excluding steroid dienone is 1. The van der Waals surface area contributed by atoms with Crippen molar-refractivity contribution in [1.82, 2.24) is 10.5 Å². The number of amidine groups is 1. The molecule has 10 nitrogen and oxygen atoms in total. The van der Waals surface area contributed by atoms with Gasteiger partial charge in [0.15, 0.2) is 5.84 Å². The summed E-state index contributed by atoms with van der Waals surface area (Å²) in [5.41, 5.74) is 8.93. The molecule has 0 saturated carbocycles. The second-order valence-corrected chi connectivity index (χ2v) is 8.05. The molecule has 0 fully saturated rings. The van der Waals surface area contributed by atoms with Gasteiger partial charge in [-0.3, -0.25) is 14.4 Å². The summed E-state index contributed by atoms with van der Waals surface area (Å²) in [4.78, 5) is 41.5. The van der Waals surface area contributed by atoms with E-state index < -0.39 is 23.5 Å². The third-order valence-corrected chi connectivity index (χ3v) is 4.42. The molecular formula is C24H34N4O6S2. The van der Waals surface area contributed by atoms with E-state index in [0.717, 1.165) is 11.5 Å². The molecule has 0 spiro atoms. The second kappa shape index (κ2) is 15.2. The van der Waals surface area contributed by atoms with Gasteiger partial charge in [-0.15, -0.1) is 28.4 Å². The predicted molar refractivity (Wildman–Crippen MR) is 145 cm³/mol. The molecule has 1 aliphatic heterocycles. The van der Waals surface area contributed by atoms with E-state index in [1.165, 1.54) is 0 Å². The van der Waals surface area contributed by atoms with Gasteiger partial charge < -0.3 is 15.2 Å². The summed E-state index contributed by atoms with van der Waals surface area (Å²) in [6, 6.07) is 6.68. The van der Waals surface area contributed by atoms with Gasteiger partial charge in [-0.05, 0) is 57.9 Å². The van der Waals surface area contributed by atoms with Crippen molar-refractivity contribution in [2.45, 2.75) is 53.1 Å². The lowest BCUT2D eigenvalue weighted by molar-refractivity contribution is -0.187. The molecule has 198 valence electrons. The summed E-state index contributed by atoms with van der Waals surface area (Å²) in [6.07, 6.45) is 4.10. The van der Waals surface area contributed by atoms with Crippen LogP contribution in [0.15, 0.2) is 52.7 Å². The number of amides is 3. The van der Waals surface area contributed by atoms with Gasteiger partial charge in [0.25, 0.3) is 11.8 Å². The summed E-state index contributed by atoms with van der Waals surface area (Å²) in [6.45, 7) is 9.37. The monoisotopic (exact) mass is 538 g/mol. The molecule has 0 unspecified atom stereocenters. The first-order valence-electron chi connectivity index (χ1n) is 11.3. The van der Waals surface area contributed by atoms with Crippen LogP contribution >= 0.6 is 23.3 Å². The molecule has 0 atom stereocenters. The van der Waals surface area contributed by atoms with E-state index in [4.69, 9.17) is 20.0 Å². The lowest BCUT2D eigenvalue weighted by atomic mass is 10.00. The Bertz CT molecular complexity index is 1000. The van der Waals surface area contributed by atoms with Crippen LogP contribution in [0.2, 0.25) is 0 Å². The van der Waals surface area contributed by atoms with Gasteiger partial charge >= 0.3 is 6.09 Å². The molecule has 36 heavy (non-hydrogen) atoms. The van der Waals surface area contributed by atoms with Gasteiger partial charge in [0, 0.05) is 11.1 Å². The summed E-state index contributed by atoms with van der Waals surface area (Å²) in [5.74, 6) is -0.222. The Hall–Kier alpha value is -2.96. The van der Waals surface area contributed by atoms with E-state index in [0.29, 0.717) is 28.9 Å². The minimum atomic E-state index is -0.706. The highest BCUT2D eigenvalue weighted by Gasteiger charge is 2.38. The molecule has 12 heteroatoms. The number of ether oxygens (including phenoxy) is 2. The molecule has 3 rings (SSSR count). The van der Waals surface area contributed by atoms with Crippen molar-refractivity contribution in [3.63, 3.8) is 0 Å². The molecular weight excluding hydrogens is 504 g/mol. The van der Waals surface area contributed by atoms with E-state index in [1.54, 1.807) is 51.1 Å². The molecule has 1 aromatic carbocycles. The van der Waals surface area contributed by atoms with Gasteiger partial charge in [-0.1, -0.05) is 26.0 Å². The van der Waals surface area contributed by atoms with Crippen LogP contribution < -0.4 is 15.9 Å². The Morgan fingerprint density at radius 3 is 2.33 bits per heavy atom. The number of nitrogens with two attached hydrogens (primary N) is 1. The summed E-state index contributed by atoms with van der Waals surface area (Å²) in [5, 5.41) is 4.60. The largest absolute Gasteiger partial charge is 0.491 e. The third kappa shape index (κ3) is 9.25. The molecule has 2 aliphatic rings. The van der Waals surface area contributed by atoms with Gasteiger partial charge in [-0.2, -0.15) is 5.10 Å². The number of carbonyl (C=O) groups is 3. The Labute approximate surface area is 222 Å². The topological polar surface area (TPSA) is 133 Å². The van der Waals surface area contributed by atoms with Crippen molar-refractivity contribution in [3.8, 4) is 5.75 Å². The maximum atomic E-state index is 12.3. The number of nitrogens with zero attached hydrogens (tertiary/aromatic N) is 2. The third-order valence-electron chi connectivity index (χ3n) is 4.42. The zero-order valence-electron chi connectivity index (χ0n) is 21.1. The molecule has 0 saturated heterocycles. The van der Waals surface area contributed by atoms with Crippen LogP contribution in [0.4, 0.5) is 4.79 Å². The minimum absolute atomic E-state index is 0.0207. The lowest BCUT2D eigenvalue weighted by Gasteiger charge is -2.18. The molecule has 1 heterocycles. The Morgan fingerprint density at radius 1 is 1.11 bits per heavy atom.